The van der Waals surface area contributed by atoms with E-state index in [9.17, 15) is 14.9 Å². The van der Waals surface area contributed by atoms with Crippen molar-refractivity contribution in [3.05, 3.63) is 33.9 Å². The van der Waals surface area contributed by atoms with Crippen molar-refractivity contribution in [2.24, 2.45) is 0 Å². The second kappa shape index (κ2) is 5.97. The summed E-state index contributed by atoms with van der Waals surface area (Å²) in [6.07, 6.45) is 0. The van der Waals surface area contributed by atoms with Gasteiger partial charge in [-0.25, -0.2) is 4.79 Å². The molecule has 0 heterocycles. The van der Waals surface area contributed by atoms with Crippen LogP contribution in [-0.4, -0.2) is 48.1 Å². The van der Waals surface area contributed by atoms with Crippen molar-refractivity contribution in [2.75, 3.05) is 32.5 Å². The first-order valence-corrected chi connectivity index (χ1v) is 5.32. The van der Waals surface area contributed by atoms with Crippen LogP contribution in [0.1, 0.15) is 10.4 Å². The molecule has 1 aromatic carbocycles. The molecule has 0 amide bonds. The van der Waals surface area contributed by atoms with Gasteiger partial charge < -0.3 is 15.3 Å². The second-order valence-corrected chi connectivity index (χ2v) is 4.02. The van der Waals surface area contributed by atoms with E-state index in [4.69, 9.17) is 5.11 Å². The first kappa shape index (κ1) is 13.9. The molecule has 1 aromatic rings. The van der Waals surface area contributed by atoms with Gasteiger partial charge in [-0.05, 0) is 26.2 Å². The topological polar surface area (TPSA) is 95.7 Å². The number of likely N-dealkylation sites (N-methyl/N-ethyl adjacent to an activating group) is 1. The zero-order valence-electron chi connectivity index (χ0n) is 10.2. The van der Waals surface area contributed by atoms with Crippen molar-refractivity contribution in [1.82, 2.24) is 4.90 Å². The Hall–Kier alpha value is -2.15. The highest BCUT2D eigenvalue weighted by Crippen LogP contribution is 2.23. The standard InChI is InChI=1S/C11H15N3O4/c1-13(2)6-5-12-8-3-4-9(11(15)16)10(7-8)14(17)18/h3-4,7,12H,5-6H2,1-2H3,(H,15,16). The summed E-state index contributed by atoms with van der Waals surface area (Å²) in [7, 11) is 3.83. The Morgan fingerprint density at radius 2 is 2.17 bits per heavy atom. The summed E-state index contributed by atoms with van der Waals surface area (Å²) in [5, 5.41) is 22.6. The lowest BCUT2D eigenvalue weighted by molar-refractivity contribution is -0.385. The normalized spacial score (nSPS) is 10.4. The highest BCUT2D eigenvalue weighted by atomic mass is 16.6. The molecule has 0 aliphatic rings. The van der Waals surface area contributed by atoms with Crippen LogP contribution >= 0.6 is 0 Å². The summed E-state index contributed by atoms with van der Waals surface area (Å²) in [4.78, 5) is 22.8. The van der Waals surface area contributed by atoms with Gasteiger partial charge in [0.05, 0.1) is 4.92 Å². The van der Waals surface area contributed by atoms with E-state index in [2.05, 4.69) is 5.32 Å². The minimum Gasteiger partial charge on any atom is -0.477 e. The lowest BCUT2D eigenvalue weighted by atomic mass is 10.1. The molecule has 0 atom stereocenters. The van der Waals surface area contributed by atoms with Gasteiger partial charge in [-0.15, -0.1) is 0 Å². The van der Waals surface area contributed by atoms with E-state index in [1.54, 1.807) is 0 Å². The third-order valence-corrected chi connectivity index (χ3v) is 2.31. The molecule has 0 radical (unpaired) electrons. The number of carboxylic acid groups (broad SMARTS) is 1. The minimum atomic E-state index is -1.30. The van der Waals surface area contributed by atoms with Crippen molar-refractivity contribution in [3.8, 4) is 0 Å². The third-order valence-electron chi connectivity index (χ3n) is 2.31. The van der Waals surface area contributed by atoms with Crippen LogP contribution in [0.15, 0.2) is 18.2 Å². The Kier molecular flexibility index (Phi) is 4.61. The maximum absolute atomic E-state index is 10.8. The van der Waals surface area contributed by atoms with Gasteiger partial charge in [0.2, 0.25) is 0 Å². The van der Waals surface area contributed by atoms with Crippen LogP contribution in [0, 0.1) is 10.1 Å². The van der Waals surface area contributed by atoms with E-state index in [-0.39, 0.29) is 5.56 Å². The van der Waals surface area contributed by atoms with Gasteiger partial charge in [-0.2, -0.15) is 0 Å². The number of anilines is 1. The fourth-order valence-electron chi connectivity index (χ4n) is 1.40. The van der Waals surface area contributed by atoms with Crippen LogP contribution in [0.5, 0.6) is 0 Å². The summed E-state index contributed by atoms with van der Waals surface area (Å²) < 4.78 is 0. The lowest BCUT2D eigenvalue weighted by Gasteiger charge is -2.11. The molecule has 0 aliphatic heterocycles. The minimum absolute atomic E-state index is 0.307. The monoisotopic (exact) mass is 253 g/mol. The third kappa shape index (κ3) is 3.70. The van der Waals surface area contributed by atoms with E-state index in [1.807, 2.05) is 19.0 Å². The number of hydrogen-bond donors (Lipinski definition) is 2. The largest absolute Gasteiger partial charge is 0.477 e. The molecule has 0 spiro atoms. The van der Waals surface area contributed by atoms with Crippen LogP contribution in [-0.2, 0) is 0 Å². The van der Waals surface area contributed by atoms with E-state index in [0.717, 1.165) is 6.54 Å². The maximum atomic E-state index is 10.8. The lowest BCUT2D eigenvalue weighted by Crippen LogP contribution is -2.20. The van der Waals surface area contributed by atoms with Crippen molar-refractivity contribution >= 4 is 17.3 Å². The first-order chi connectivity index (χ1) is 8.41. The summed E-state index contributed by atoms with van der Waals surface area (Å²) in [6, 6.07) is 3.99. The van der Waals surface area contributed by atoms with E-state index in [1.165, 1.54) is 18.2 Å². The zero-order valence-corrected chi connectivity index (χ0v) is 10.2. The molecule has 0 bridgehead atoms. The number of nitrogens with zero attached hydrogens (tertiary/aromatic N) is 2. The summed E-state index contributed by atoms with van der Waals surface area (Å²) in [6.45, 7) is 1.39. The number of benzene rings is 1. The highest BCUT2D eigenvalue weighted by Gasteiger charge is 2.19. The Labute approximate surface area is 104 Å². The fraction of sp³-hybridized carbons (Fsp3) is 0.364. The van der Waals surface area contributed by atoms with Crippen LogP contribution in [0.25, 0.3) is 0 Å². The molecule has 7 nitrogen and oxygen atoms in total. The number of hydrogen-bond acceptors (Lipinski definition) is 5. The van der Waals surface area contributed by atoms with Gasteiger partial charge in [0.15, 0.2) is 0 Å². The Morgan fingerprint density at radius 3 is 2.67 bits per heavy atom. The number of nitro benzene ring substituents is 1. The number of aromatic carboxylic acids is 1. The Bertz CT molecular complexity index is 460. The molecule has 0 unspecified atom stereocenters. The molecule has 0 aromatic heterocycles. The first-order valence-electron chi connectivity index (χ1n) is 5.32. The number of carboxylic acids is 1. The fourth-order valence-corrected chi connectivity index (χ4v) is 1.40. The molecular weight excluding hydrogens is 238 g/mol. The number of nitro groups is 1. The van der Waals surface area contributed by atoms with Gasteiger partial charge in [0.25, 0.3) is 5.69 Å². The molecule has 0 saturated heterocycles. The highest BCUT2D eigenvalue weighted by molar-refractivity contribution is 5.93. The second-order valence-electron chi connectivity index (χ2n) is 4.02. The molecule has 7 heteroatoms. The Morgan fingerprint density at radius 1 is 1.50 bits per heavy atom. The van der Waals surface area contributed by atoms with Gasteiger partial charge in [0, 0.05) is 24.8 Å². The molecule has 1 rings (SSSR count). The van der Waals surface area contributed by atoms with Crippen molar-refractivity contribution < 1.29 is 14.8 Å². The van der Waals surface area contributed by atoms with Crippen LogP contribution in [0.3, 0.4) is 0 Å². The van der Waals surface area contributed by atoms with Crippen LogP contribution in [0.4, 0.5) is 11.4 Å². The molecule has 0 saturated carbocycles. The Balaban J connectivity index is 2.87. The molecule has 18 heavy (non-hydrogen) atoms. The predicted octanol–water partition coefficient (Wildman–Crippen LogP) is 1.27. The molecule has 98 valence electrons. The molecule has 0 fully saturated rings. The SMILES string of the molecule is CN(C)CCNc1ccc(C(=O)O)c([N+](=O)[O-])c1. The number of nitrogens with one attached hydrogen (secondary N) is 1. The summed E-state index contributed by atoms with van der Waals surface area (Å²) in [5.41, 5.74) is -0.177. The predicted molar refractivity (Wildman–Crippen MR) is 67.1 cm³/mol. The molecular formula is C11H15N3O4. The van der Waals surface area contributed by atoms with Gasteiger partial charge in [-0.3, -0.25) is 10.1 Å². The van der Waals surface area contributed by atoms with Crippen molar-refractivity contribution in [1.29, 1.82) is 0 Å². The average molecular weight is 253 g/mol. The zero-order chi connectivity index (χ0) is 13.7. The smallest absolute Gasteiger partial charge is 0.342 e. The number of carbonyl (C=O) groups is 1. The average Bonchev–Trinajstić information content (AvgIpc) is 2.28. The maximum Gasteiger partial charge on any atom is 0.342 e. The van der Waals surface area contributed by atoms with E-state index in [0.29, 0.717) is 12.2 Å². The van der Waals surface area contributed by atoms with Crippen molar-refractivity contribution in [3.63, 3.8) is 0 Å². The van der Waals surface area contributed by atoms with Gasteiger partial charge in [0.1, 0.15) is 5.56 Å². The van der Waals surface area contributed by atoms with E-state index < -0.39 is 16.6 Å². The molecule has 2 N–H and O–H groups in total. The quantitative estimate of drug-likeness (QED) is 0.585. The summed E-state index contributed by atoms with van der Waals surface area (Å²) >= 11 is 0. The van der Waals surface area contributed by atoms with E-state index >= 15 is 0 Å². The van der Waals surface area contributed by atoms with Crippen molar-refractivity contribution in [2.45, 2.75) is 0 Å². The number of rotatable bonds is 6. The molecule has 0 aliphatic carbocycles. The van der Waals surface area contributed by atoms with Gasteiger partial charge in [-0.1, -0.05) is 0 Å². The van der Waals surface area contributed by atoms with Crippen LogP contribution in [0.2, 0.25) is 0 Å². The van der Waals surface area contributed by atoms with Gasteiger partial charge >= 0.3 is 5.97 Å². The summed E-state index contributed by atoms with van der Waals surface area (Å²) in [5.74, 6) is -1.30. The van der Waals surface area contributed by atoms with Crippen LogP contribution < -0.4 is 5.32 Å².